The maximum Gasteiger partial charge on any atom is 0.0312 e. The van der Waals surface area contributed by atoms with E-state index in [2.05, 4.69) is 16.4 Å². The average Bonchev–Trinajstić information content (AvgIpc) is 2.41. The predicted octanol–water partition coefficient (Wildman–Crippen LogP) is 3.36. The molecule has 0 unspecified atom stereocenters. The first-order valence-corrected chi connectivity index (χ1v) is 7.04. The molecule has 0 bridgehead atoms. The van der Waals surface area contributed by atoms with Gasteiger partial charge in [0.25, 0.3) is 0 Å². The topological polar surface area (TPSA) is 24.9 Å². The highest BCUT2D eigenvalue weighted by atomic mass is 35.5. The smallest absolute Gasteiger partial charge is 0.0312 e. The van der Waals surface area contributed by atoms with Crippen molar-refractivity contribution in [3.8, 4) is 0 Å². The molecule has 1 saturated carbocycles. The zero-order chi connectivity index (χ0) is 12.0. The van der Waals surface area contributed by atoms with Gasteiger partial charge in [-0.3, -0.25) is 4.98 Å². The molecule has 2 nitrogen and oxygen atoms in total. The Morgan fingerprint density at radius 2 is 2.12 bits per heavy atom. The summed E-state index contributed by atoms with van der Waals surface area (Å²) in [6.45, 7) is 1.93. The Labute approximate surface area is 109 Å². The molecule has 1 N–H and O–H groups in total. The fourth-order valence-corrected chi connectivity index (χ4v) is 3.00. The molecule has 3 heteroatoms. The number of hydrogen-bond donors (Lipinski definition) is 1. The summed E-state index contributed by atoms with van der Waals surface area (Å²) < 4.78 is 0. The molecule has 1 aliphatic rings. The highest BCUT2D eigenvalue weighted by Gasteiger charge is 2.30. The Morgan fingerprint density at radius 3 is 2.76 bits per heavy atom. The van der Waals surface area contributed by atoms with Crippen LogP contribution in [0.5, 0.6) is 0 Å². The molecule has 1 aromatic rings. The lowest BCUT2D eigenvalue weighted by Crippen LogP contribution is -2.37. The van der Waals surface area contributed by atoms with E-state index in [1.54, 1.807) is 0 Å². The first kappa shape index (κ1) is 12.8. The minimum atomic E-state index is 0.335. The van der Waals surface area contributed by atoms with Crippen LogP contribution < -0.4 is 5.32 Å². The molecule has 0 amide bonds. The summed E-state index contributed by atoms with van der Waals surface area (Å²) in [7, 11) is 0. The molecule has 94 valence electrons. The van der Waals surface area contributed by atoms with Crippen molar-refractivity contribution in [2.24, 2.45) is 5.41 Å². The van der Waals surface area contributed by atoms with E-state index in [0.717, 1.165) is 19.0 Å². The van der Waals surface area contributed by atoms with Gasteiger partial charge in [-0.05, 0) is 29.9 Å². The molecular formula is C14H21ClN2. The standard InChI is InChI=1S/C14H21ClN2/c15-11-14(6-2-1-3-7-14)12-17-10-13-5-4-8-16-9-13/h4-5,8-9,17H,1-3,6-7,10-12H2. The van der Waals surface area contributed by atoms with Crippen LogP contribution in [0.25, 0.3) is 0 Å². The van der Waals surface area contributed by atoms with Gasteiger partial charge in [0, 0.05) is 31.4 Å². The fraction of sp³-hybridized carbons (Fsp3) is 0.643. The summed E-state index contributed by atoms with van der Waals surface area (Å²) in [6.07, 6.45) is 10.3. The molecule has 0 saturated heterocycles. The van der Waals surface area contributed by atoms with Gasteiger partial charge in [-0.1, -0.05) is 25.3 Å². The van der Waals surface area contributed by atoms with Gasteiger partial charge in [0.1, 0.15) is 0 Å². The third-order valence-corrected chi connectivity index (χ3v) is 4.32. The molecular weight excluding hydrogens is 232 g/mol. The summed E-state index contributed by atoms with van der Waals surface area (Å²) in [6, 6.07) is 4.09. The number of nitrogens with one attached hydrogen (secondary N) is 1. The lowest BCUT2D eigenvalue weighted by molar-refractivity contribution is 0.212. The first-order chi connectivity index (χ1) is 8.35. The number of pyridine rings is 1. The number of rotatable bonds is 5. The molecule has 1 aromatic heterocycles. The second kappa shape index (κ2) is 6.36. The van der Waals surface area contributed by atoms with Gasteiger partial charge >= 0.3 is 0 Å². The minimum Gasteiger partial charge on any atom is -0.312 e. The van der Waals surface area contributed by atoms with E-state index < -0.39 is 0 Å². The SMILES string of the molecule is ClCC1(CNCc2cccnc2)CCCCC1. The largest absolute Gasteiger partial charge is 0.312 e. The highest BCUT2D eigenvalue weighted by molar-refractivity contribution is 6.18. The first-order valence-electron chi connectivity index (χ1n) is 6.50. The zero-order valence-corrected chi connectivity index (χ0v) is 11.0. The van der Waals surface area contributed by atoms with Crippen molar-refractivity contribution < 1.29 is 0 Å². The van der Waals surface area contributed by atoms with Crippen LogP contribution in [0.4, 0.5) is 0 Å². The number of halogens is 1. The van der Waals surface area contributed by atoms with Crippen molar-refractivity contribution in [2.75, 3.05) is 12.4 Å². The van der Waals surface area contributed by atoms with Crippen LogP contribution in [0, 0.1) is 5.41 Å². The summed E-state index contributed by atoms with van der Waals surface area (Å²) in [4.78, 5) is 4.12. The van der Waals surface area contributed by atoms with Gasteiger partial charge in [0.2, 0.25) is 0 Å². The van der Waals surface area contributed by atoms with Crippen LogP contribution in [0.2, 0.25) is 0 Å². The number of alkyl halides is 1. The molecule has 1 fully saturated rings. The monoisotopic (exact) mass is 252 g/mol. The number of hydrogen-bond acceptors (Lipinski definition) is 2. The van der Waals surface area contributed by atoms with Gasteiger partial charge in [0.15, 0.2) is 0 Å². The minimum absolute atomic E-state index is 0.335. The molecule has 0 spiro atoms. The maximum atomic E-state index is 6.17. The number of aromatic nitrogens is 1. The Morgan fingerprint density at radius 1 is 1.29 bits per heavy atom. The van der Waals surface area contributed by atoms with Gasteiger partial charge < -0.3 is 5.32 Å². The van der Waals surface area contributed by atoms with Crippen molar-refractivity contribution in [2.45, 2.75) is 38.6 Å². The molecule has 1 aliphatic carbocycles. The van der Waals surface area contributed by atoms with Crippen molar-refractivity contribution in [3.63, 3.8) is 0 Å². The van der Waals surface area contributed by atoms with Crippen molar-refractivity contribution >= 4 is 11.6 Å². The van der Waals surface area contributed by atoms with Crippen LogP contribution in [-0.2, 0) is 6.54 Å². The Balaban J connectivity index is 1.80. The van der Waals surface area contributed by atoms with E-state index in [-0.39, 0.29) is 0 Å². The summed E-state index contributed by atoms with van der Waals surface area (Å²) in [5.74, 6) is 0.785. The van der Waals surface area contributed by atoms with Gasteiger partial charge in [0.05, 0.1) is 0 Å². The van der Waals surface area contributed by atoms with Crippen LogP contribution in [0.15, 0.2) is 24.5 Å². The summed E-state index contributed by atoms with van der Waals surface area (Å²) in [5.41, 5.74) is 1.58. The fourth-order valence-electron chi connectivity index (χ4n) is 2.63. The normalized spacial score (nSPS) is 19.1. The van der Waals surface area contributed by atoms with E-state index in [0.29, 0.717) is 5.41 Å². The lowest BCUT2D eigenvalue weighted by Gasteiger charge is -2.35. The van der Waals surface area contributed by atoms with Crippen LogP contribution in [-0.4, -0.2) is 17.4 Å². The second-order valence-electron chi connectivity index (χ2n) is 5.16. The molecule has 0 aromatic carbocycles. The quantitative estimate of drug-likeness (QED) is 0.813. The van der Waals surface area contributed by atoms with Crippen LogP contribution >= 0.6 is 11.6 Å². The summed E-state index contributed by atoms with van der Waals surface area (Å²) in [5, 5.41) is 3.54. The second-order valence-corrected chi connectivity index (χ2v) is 5.43. The highest BCUT2D eigenvalue weighted by Crippen LogP contribution is 2.36. The predicted molar refractivity (Wildman–Crippen MR) is 72.2 cm³/mol. The molecule has 0 atom stereocenters. The third kappa shape index (κ3) is 3.68. The average molecular weight is 253 g/mol. The molecule has 0 aliphatic heterocycles. The van der Waals surface area contributed by atoms with Crippen molar-refractivity contribution in [3.05, 3.63) is 30.1 Å². The third-order valence-electron chi connectivity index (χ3n) is 3.75. The molecule has 1 heterocycles. The Kier molecular flexibility index (Phi) is 4.81. The lowest BCUT2D eigenvalue weighted by atomic mass is 9.75. The van der Waals surface area contributed by atoms with E-state index in [1.165, 1.54) is 37.7 Å². The zero-order valence-electron chi connectivity index (χ0n) is 10.3. The van der Waals surface area contributed by atoms with Crippen LogP contribution in [0.1, 0.15) is 37.7 Å². The van der Waals surface area contributed by atoms with Gasteiger partial charge in [-0.15, -0.1) is 11.6 Å². The maximum absolute atomic E-state index is 6.17. The van der Waals surface area contributed by atoms with E-state index in [4.69, 9.17) is 11.6 Å². The van der Waals surface area contributed by atoms with Gasteiger partial charge in [-0.2, -0.15) is 0 Å². The van der Waals surface area contributed by atoms with Crippen LogP contribution in [0.3, 0.4) is 0 Å². The van der Waals surface area contributed by atoms with E-state index in [1.807, 2.05) is 18.5 Å². The Bertz CT molecular complexity index is 320. The van der Waals surface area contributed by atoms with E-state index in [9.17, 15) is 0 Å². The van der Waals surface area contributed by atoms with E-state index >= 15 is 0 Å². The Hall–Kier alpha value is -0.600. The summed E-state index contributed by atoms with van der Waals surface area (Å²) >= 11 is 6.17. The molecule has 2 rings (SSSR count). The number of nitrogens with zero attached hydrogens (tertiary/aromatic N) is 1. The van der Waals surface area contributed by atoms with Crippen molar-refractivity contribution in [1.29, 1.82) is 0 Å². The van der Waals surface area contributed by atoms with Gasteiger partial charge in [-0.25, -0.2) is 0 Å². The molecule has 17 heavy (non-hydrogen) atoms. The molecule has 0 radical (unpaired) electrons. The van der Waals surface area contributed by atoms with Crippen molar-refractivity contribution in [1.82, 2.24) is 10.3 Å².